The fourth-order valence-electron chi connectivity index (χ4n) is 4.63. The van der Waals surface area contributed by atoms with Gasteiger partial charge in [-0.15, -0.1) is 0 Å². The summed E-state index contributed by atoms with van der Waals surface area (Å²) in [5.41, 5.74) is 5.78. The summed E-state index contributed by atoms with van der Waals surface area (Å²) < 4.78 is 40.1. The predicted octanol–water partition coefficient (Wildman–Crippen LogP) is 1.50. The minimum absolute atomic E-state index is 0.114. The van der Waals surface area contributed by atoms with Crippen LogP contribution in [0.1, 0.15) is 40.0 Å². The second kappa shape index (κ2) is 8.56. The molecule has 1 aromatic rings. The fraction of sp³-hybridized carbons (Fsp3) is 0.700. The van der Waals surface area contributed by atoms with E-state index in [9.17, 15) is 17.9 Å². The van der Waals surface area contributed by atoms with Crippen molar-refractivity contribution in [1.82, 2.24) is 14.5 Å². The highest BCUT2D eigenvalue weighted by atomic mass is 32.2. The lowest BCUT2D eigenvalue weighted by Crippen LogP contribution is -2.49. The van der Waals surface area contributed by atoms with Crippen LogP contribution in [0.25, 0.3) is 0 Å². The Kier molecular flexibility index (Phi) is 6.67. The summed E-state index contributed by atoms with van der Waals surface area (Å²) >= 11 is 0. The average molecular weight is 429 g/mol. The largest absolute Gasteiger partial charge is 0.376 e. The third-order valence-corrected chi connectivity index (χ3v) is 7.96. The molecule has 7 nitrogen and oxygen atoms in total. The predicted molar refractivity (Wildman–Crippen MR) is 110 cm³/mol. The lowest BCUT2D eigenvalue weighted by molar-refractivity contribution is -0.0298. The number of piperidine rings is 1. The Bertz CT molecular complexity index is 796. The molecule has 2 aliphatic heterocycles. The molecule has 0 bridgehead atoms. The minimum Gasteiger partial charge on any atom is -0.376 e. The molecule has 2 heterocycles. The van der Waals surface area contributed by atoms with Gasteiger partial charge in [-0.3, -0.25) is 5.32 Å². The van der Waals surface area contributed by atoms with E-state index in [1.54, 1.807) is 0 Å². The molecule has 0 aliphatic carbocycles. The van der Waals surface area contributed by atoms with Gasteiger partial charge in [0.25, 0.3) is 0 Å². The molecule has 0 amide bonds. The van der Waals surface area contributed by atoms with E-state index < -0.39 is 33.9 Å². The van der Waals surface area contributed by atoms with E-state index in [-0.39, 0.29) is 10.8 Å². The third-order valence-electron chi connectivity index (χ3n) is 6.05. The molecule has 0 aromatic heterocycles. The van der Waals surface area contributed by atoms with E-state index in [1.165, 1.54) is 16.4 Å². The number of halogens is 1. The van der Waals surface area contributed by atoms with Crippen molar-refractivity contribution in [2.24, 2.45) is 17.6 Å². The minimum atomic E-state index is -3.62. The van der Waals surface area contributed by atoms with Gasteiger partial charge in [0.05, 0.1) is 10.4 Å². The smallest absolute Gasteiger partial charge is 0.243 e. The van der Waals surface area contributed by atoms with Gasteiger partial charge in [-0.2, -0.15) is 4.31 Å². The lowest BCUT2D eigenvalue weighted by atomic mass is 9.89. The normalized spacial score (nSPS) is 30.3. The number of rotatable bonds is 6. The van der Waals surface area contributed by atoms with Crippen molar-refractivity contribution in [1.29, 1.82) is 0 Å². The van der Waals surface area contributed by atoms with E-state index in [0.29, 0.717) is 38.4 Å². The quantitative estimate of drug-likeness (QED) is 0.635. The van der Waals surface area contributed by atoms with Crippen molar-refractivity contribution in [3.63, 3.8) is 0 Å². The monoisotopic (exact) mass is 428 g/mol. The second-order valence-electron chi connectivity index (χ2n) is 8.98. The molecule has 3 rings (SSSR count). The van der Waals surface area contributed by atoms with E-state index >= 15 is 0 Å². The Hall–Kier alpha value is -1.10. The lowest BCUT2D eigenvalue weighted by Gasteiger charge is -2.36. The van der Waals surface area contributed by atoms with Crippen LogP contribution in [-0.4, -0.2) is 60.4 Å². The van der Waals surface area contributed by atoms with Crippen LogP contribution >= 0.6 is 0 Å². The maximum absolute atomic E-state index is 13.1. The topological polar surface area (TPSA) is 98.9 Å². The van der Waals surface area contributed by atoms with Crippen LogP contribution in [0.15, 0.2) is 29.2 Å². The summed E-state index contributed by atoms with van der Waals surface area (Å²) in [5, 5.41) is 14.2. The zero-order valence-electron chi connectivity index (χ0n) is 17.4. The Morgan fingerprint density at radius 3 is 2.41 bits per heavy atom. The van der Waals surface area contributed by atoms with Crippen LogP contribution in [0.4, 0.5) is 4.39 Å². The molecule has 4 N–H and O–H groups in total. The molecule has 1 aromatic carbocycles. The van der Waals surface area contributed by atoms with Crippen molar-refractivity contribution in [3.05, 3.63) is 30.1 Å². The van der Waals surface area contributed by atoms with E-state index in [2.05, 4.69) is 19.2 Å². The summed E-state index contributed by atoms with van der Waals surface area (Å²) in [6.07, 6.45) is 1.09. The maximum Gasteiger partial charge on any atom is 0.243 e. The molecule has 2 aliphatic rings. The van der Waals surface area contributed by atoms with Crippen LogP contribution < -0.4 is 11.1 Å². The highest BCUT2D eigenvalue weighted by Gasteiger charge is 2.47. The van der Waals surface area contributed by atoms with Gasteiger partial charge in [-0.25, -0.2) is 17.7 Å². The Morgan fingerprint density at radius 2 is 1.86 bits per heavy atom. The number of sulfonamides is 1. The first-order valence-electron chi connectivity index (χ1n) is 10.3. The highest BCUT2D eigenvalue weighted by Crippen LogP contribution is 2.32. The molecule has 0 radical (unpaired) electrons. The summed E-state index contributed by atoms with van der Waals surface area (Å²) in [6, 6.07) is 4.93. The fourth-order valence-corrected chi connectivity index (χ4v) is 6.09. The first-order chi connectivity index (χ1) is 13.5. The van der Waals surface area contributed by atoms with Gasteiger partial charge in [0.15, 0.2) is 0 Å². The van der Waals surface area contributed by atoms with Crippen LogP contribution in [0.3, 0.4) is 0 Å². The Labute approximate surface area is 173 Å². The Balaban J connectivity index is 1.59. The van der Waals surface area contributed by atoms with Crippen molar-refractivity contribution in [2.75, 3.05) is 19.6 Å². The van der Waals surface area contributed by atoms with Crippen LogP contribution in [0.2, 0.25) is 0 Å². The van der Waals surface area contributed by atoms with Crippen molar-refractivity contribution in [2.45, 2.75) is 63.0 Å². The van der Waals surface area contributed by atoms with Gasteiger partial charge in [0.1, 0.15) is 18.3 Å². The van der Waals surface area contributed by atoms with Crippen molar-refractivity contribution in [3.8, 4) is 0 Å². The standard InChI is InChI=1S/C20H33FN4O3S/c1-14(2)12-20(3)18(26)25(19(22)23-20)13-15-8-10-24(11-9-15)29(27,28)17-6-4-16(21)5-7-17/h4-7,14-15,18-19,23,26H,8-13,22H2,1-3H3. The number of aliphatic hydroxyl groups excluding tert-OH is 1. The zero-order chi connectivity index (χ0) is 21.4. The third kappa shape index (κ3) is 4.81. The van der Waals surface area contributed by atoms with E-state index in [0.717, 1.165) is 18.6 Å². The second-order valence-corrected chi connectivity index (χ2v) is 10.9. The number of aliphatic hydroxyl groups is 1. The average Bonchev–Trinajstić information content (AvgIpc) is 2.85. The summed E-state index contributed by atoms with van der Waals surface area (Å²) in [6.45, 7) is 7.65. The SMILES string of the molecule is CC(C)CC1(C)NC(N)N(CC2CCN(S(=O)(=O)c3ccc(F)cc3)CC2)C1O. The molecular weight excluding hydrogens is 395 g/mol. The van der Waals surface area contributed by atoms with Gasteiger partial charge in [-0.1, -0.05) is 13.8 Å². The van der Waals surface area contributed by atoms with Gasteiger partial charge in [0, 0.05) is 19.6 Å². The van der Waals surface area contributed by atoms with Crippen LogP contribution in [0.5, 0.6) is 0 Å². The summed E-state index contributed by atoms with van der Waals surface area (Å²) in [5.74, 6) is 0.217. The zero-order valence-corrected chi connectivity index (χ0v) is 18.2. The molecule has 0 spiro atoms. The molecule has 3 unspecified atom stereocenters. The molecule has 2 fully saturated rings. The molecule has 2 saturated heterocycles. The molecule has 29 heavy (non-hydrogen) atoms. The van der Waals surface area contributed by atoms with Crippen LogP contribution in [0, 0.1) is 17.7 Å². The van der Waals surface area contributed by atoms with Crippen LogP contribution in [-0.2, 0) is 10.0 Å². The molecule has 0 saturated carbocycles. The van der Waals surface area contributed by atoms with E-state index in [4.69, 9.17) is 5.73 Å². The van der Waals surface area contributed by atoms with Crippen molar-refractivity contribution < 1.29 is 17.9 Å². The molecule has 9 heteroatoms. The number of hydrogen-bond donors (Lipinski definition) is 3. The number of hydrogen-bond acceptors (Lipinski definition) is 6. The number of nitrogens with zero attached hydrogens (tertiary/aromatic N) is 2. The first kappa shape index (κ1) is 22.6. The maximum atomic E-state index is 13.1. The highest BCUT2D eigenvalue weighted by molar-refractivity contribution is 7.89. The van der Waals surface area contributed by atoms with E-state index in [1.807, 2.05) is 11.8 Å². The van der Waals surface area contributed by atoms with Gasteiger partial charge in [-0.05, 0) is 62.3 Å². The summed E-state index contributed by atoms with van der Waals surface area (Å²) in [7, 11) is -3.62. The van der Waals surface area contributed by atoms with Gasteiger partial charge in [0.2, 0.25) is 10.0 Å². The number of benzene rings is 1. The Morgan fingerprint density at radius 1 is 1.28 bits per heavy atom. The number of nitrogens with two attached hydrogens (primary N) is 1. The summed E-state index contributed by atoms with van der Waals surface area (Å²) in [4.78, 5) is 2.00. The molecule has 3 atom stereocenters. The molecular formula is C20H33FN4O3S. The van der Waals surface area contributed by atoms with Gasteiger partial charge >= 0.3 is 0 Å². The first-order valence-corrected chi connectivity index (χ1v) is 11.7. The molecule has 164 valence electrons. The van der Waals surface area contributed by atoms with Crippen molar-refractivity contribution >= 4 is 10.0 Å². The van der Waals surface area contributed by atoms with Gasteiger partial charge < -0.3 is 10.8 Å². The number of nitrogens with one attached hydrogen (secondary N) is 1.